The van der Waals surface area contributed by atoms with Crippen molar-refractivity contribution in [1.82, 2.24) is 35.3 Å². The van der Waals surface area contributed by atoms with Crippen molar-refractivity contribution < 1.29 is 23.9 Å². The van der Waals surface area contributed by atoms with Crippen molar-refractivity contribution in [2.45, 2.75) is 110 Å². The van der Waals surface area contributed by atoms with Gasteiger partial charge in [-0.2, -0.15) is 11.8 Å². The van der Waals surface area contributed by atoms with Crippen LogP contribution in [-0.2, 0) is 30.5 Å². The molecule has 53 heavy (non-hydrogen) atoms. The Morgan fingerprint density at radius 3 is 2.26 bits per heavy atom. The van der Waals surface area contributed by atoms with E-state index in [2.05, 4.69) is 39.4 Å². The summed E-state index contributed by atoms with van der Waals surface area (Å²) in [5.41, 5.74) is 2.81. The summed E-state index contributed by atoms with van der Waals surface area (Å²) in [6.07, 6.45) is 4.65. The Balaban J connectivity index is 1.61. The number of hydrogen-bond acceptors (Lipinski definition) is 10. The Kier molecular flexibility index (Phi) is 18.2. The number of ether oxygens (including phenoxy) is 1. The monoisotopic (exact) mass is 773 g/mol. The van der Waals surface area contributed by atoms with E-state index >= 15 is 0 Å². The molecule has 1 aromatic heterocycles. The van der Waals surface area contributed by atoms with Crippen LogP contribution in [0.15, 0.2) is 29.6 Å². The zero-order valence-electron chi connectivity index (χ0n) is 33.4. The Hall–Kier alpha value is -3.07. The van der Waals surface area contributed by atoms with Gasteiger partial charge in [0.15, 0.2) is 0 Å². The second kappa shape index (κ2) is 21.7. The van der Waals surface area contributed by atoms with E-state index in [0.29, 0.717) is 26.1 Å². The van der Waals surface area contributed by atoms with Crippen molar-refractivity contribution in [3.63, 3.8) is 0 Å². The van der Waals surface area contributed by atoms with Gasteiger partial charge in [-0.1, -0.05) is 76.7 Å². The SMILES string of the molecule is CCC(C)C(CNC(=O)C(NC(=O)C(C(C)C)N(C)C)C(C)C)C(CC(=O)N1CCCC1C(CC(=O)NCc1ccc(-c2csnn2)cc1)SC)OC. The molecule has 1 aromatic carbocycles. The molecule has 12 nitrogen and oxygen atoms in total. The van der Waals surface area contributed by atoms with E-state index in [4.69, 9.17) is 4.74 Å². The number of carbonyl (C=O) groups excluding carboxylic acids is 4. The third-order valence-electron chi connectivity index (χ3n) is 10.6. The maximum Gasteiger partial charge on any atom is 0.242 e. The van der Waals surface area contributed by atoms with Crippen molar-refractivity contribution in [3.05, 3.63) is 35.2 Å². The highest BCUT2D eigenvalue weighted by Crippen LogP contribution is 2.31. The number of benzene rings is 1. The zero-order chi connectivity index (χ0) is 39.2. The summed E-state index contributed by atoms with van der Waals surface area (Å²) < 4.78 is 9.91. The first-order valence-electron chi connectivity index (χ1n) is 18.9. The van der Waals surface area contributed by atoms with E-state index < -0.39 is 12.1 Å². The van der Waals surface area contributed by atoms with Gasteiger partial charge in [0.25, 0.3) is 0 Å². The van der Waals surface area contributed by atoms with E-state index in [9.17, 15) is 19.2 Å². The molecule has 1 fully saturated rings. The van der Waals surface area contributed by atoms with E-state index in [1.165, 1.54) is 11.5 Å². The summed E-state index contributed by atoms with van der Waals surface area (Å²) in [4.78, 5) is 57.7. The van der Waals surface area contributed by atoms with Crippen LogP contribution in [0.25, 0.3) is 11.3 Å². The third-order valence-corrected chi connectivity index (χ3v) is 12.2. The Morgan fingerprint density at radius 2 is 1.72 bits per heavy atom. The number of rotatable bonds is 21. The van der Waals surface area contributed by atoms with Gasteiger partial charge in [-0.25, -0.2) is 0 Å². The topological polar surface area (TPSA) is 146 Å². The van der Waals surface area contributed by atoms with Crippen LogP contribution >= 0.6 is 23.3 Å². The molecule has 0 spiro atoms. The van der Waals surface area contributed by atoms with Gasteiger partial charge in [0.1, 0.15) is 11.7 Å². The first-order chi connectivity index (χ1) is 25.2. The smallest absolute Gasteiger partial charge is 0.242 e. The van der Waals surface area contributed by atoms with Crippen LogP contribution in [0.4, 0.5) is 0 Å². The minimum atomic E-state index is -0.692. The van der Waals surface area contributed by atoms with Crippen LogP contribution in [0.1, 0.15) is 79.2 Å². The molecule has 0 saturated carbocycles. The average molecular weight is 774 g/mol. The van der Waals surface area contributed by atoms with Gasteiger partial charge in [-0.3, -0.25) is 24.1 Å². The molecule has 1 aliphatic rings. The fraction of sp³-hybridized carbons (Fsp3) is 0.692. The predicted molar refractivity (Wildman–Crippen MR) is 214 cm³/mol. The number of nitrogens with zero attached hydrogens (tertiary/aromatic N) is 4. The van der Waals surface area contributed by atoms with Gasteiger partial charge in [-0.05, 0) is 68.0 Å². The summed E-state index contributed by atoms with van der Waals surface area (Å²) in [6.45, 7) is 13.4. The largest absolute Gasteiger partial charge is 0.381 e. The van der Waals surface area contributed by atoms with E-state index in [-0.39, 0.29) is 71.1 Å². The minimum Gasteiger partial charge on any atom is -0.381 e. The van der Waals surface area contributed by atoms with Crippen molar-refractivity contribution in [3.8, 4) is 11.3 Å². The zero-order valence-corrected chi connectivity index (χ0v) is 35.0. The maximum atomic E-state index is 14.0. The normalized spacial score (nSPS) is 18.1. The molecule has 2 heterocycles. The van der Waals surface area contributed by atoms with Crippen LogP contribution in [-0.4, -0.2) is 113 Å². The molecule has 7 atom stereocenters. The molecule has 1 saturated heterocycles. The number of amides is 4. The van der Waals surface area contributed by atoms with Crippen LogP contribution in [0, 0.1) is 23.7 Å². The number of likely N-dealkylation sites (N-methyl/N-ethyl adjacent to an activating group) is 1. The van der Waals surface area contributed by atoms with Crippen LogP contribution < -0.4 is 16.0 Å². The van der Waals surface area contributed by atoms with Gasteiger partial charge < -0.3 is 25.6 Å². The lowest BCUT2D eigenvalue weighted by molar-refractivity contribution is -0.137. The number of thioether (sulfide) groups is 1. The lowest BCUT2D eigenvalue weighted by Crippen LogP contribution is -2.56. The highest BCUT2D eigenvalue weighted by atomic mass is 32.2. The van der Waals surface area contributed by atoms with Gasteiger partial charge in [0.2, 0.25) is 23.6 Å². The fourth-order valence-corrected chi connectivity index (χ4v) is 8.72. The fourth-order valence-electron chi connectivity index (χ4n) is 7.34. The lowest BCUT2D eigenvalue weighted by atomic mass is 9.85. The number of likely N-dealkylation sites (tertiary alicyclic amines) is 1. The van der Waals surface area contributed by atoms with Crippen molar-refractivity contribution in [1.29, 1.82) is 0 Å². The number of aromatic nitrogens is 2. The predicted octanol–water partition coefficient (Wildman–Crippen LogP) is 4.84. The third kappa shape index (κ3) is 12.8. The summed E-state index contributed by atoms with van der Waals surface area (Å²) in [7, 11) is 5.36. The molecule has 0 bridgehead atoms. The number of carbonyl (C=O) groups is 4. The summed E-state index contributed by atoms with van der Waals surface area (Å²) in [6, 6.07) is 6.83. The number of hydrogen-bond donors (Lipinski definition) is 3. The molecule has 3 N–H and O–H groups in total. The number of nitrogens with one attached hydrogen (secondary N) is 3. The lowest BCUT2D eigenvalue weighted by Gasteiger charge is -2.35. The molecule has 3 rings (SSSR count). The molecule has 296 valence electrons. The van der Waals surface area contributed by atoms with E-state index in [1.54, 1.807) is 18.9 Å². The molecule has 7 unspecified atom stereocenters. The molecular weight excluding hydrogens is 711 g/mol. The summed E-state index contributed by atoms with van der Waals surface area (Å²) >= 11 is 2.94. The molecule has 0 aliphatic carbocycles. The molecule has 4 amide bonds. The highest BCUT2D eigenvalue weighted by Gasteiger charge is 2.38. The van der Waals surface area contributed by atoms with Crippen molar-refractivity contribution in [2.75, 3.05) is 40.6 Å². The second-order valence-electron chi connectivity index (χ2n) is 15.2. The van der Waals surface area contributed by atoms with Gasteiger partial charge >= 0.3 is 0 Å². The standard InChI is InChI=1S/C39H63N7O5S2/c1-11-26(6)29(22-41-38(49)36(24(2)3)42-39(50)37(25(4)5)45(7)8)32(51-9)19-35(48)46-18-12-13-31(46)33(52-10)20-34(47)40-21-27-14-16-28(17-15-27)30-23-53-44-43-30/h14-17,23-26,29,31-33,36-37H,11-13,18-22H2,1-10H3,(H,40,47)(H,41,49)(H,42,50). The van der Waals surface area contributed by atoms with Gasteiger partial charge in [-0.15, -0.1) is 5.10 Å². The minimum absolute atomic E-state index is 0.00423. The highest BCUT2D eigenvalue weighted by molar-refractivity contribution is 7.99. The maximum absolute atomic E-state index is 14.0. The molecule has 14 heteroatoms. The Labute approximate surface area is 325 Å². The molecule has 0 radical (unpaired) electrons. The first kappa shape index (κ1) is 44.3. The Bertz CT molecular complexity index is 1430. The summed E-state index contributed by atoms with van der Waals surface area (Å²) in [5, 5.41) is 15.1. The number of methoxy groups -OCH3 is 1. The second-order valence-corrected chi connectivity index (χ2v) is 16.9. The van der Waals surface area contributed by atoms with Crippen LogP contribution in [0.5, 0.6) is 0 Å². The van der Waals surface area contributed by atoms with Crippen molar-refractivity contribution >= 4 is 46.9 Å². The van der Waals surface area contributed by atoms with E-state index in [0.717, 1.165) is 36.1 Å². The van der Waals surface area contributed by atoms with Crippen LogP contribution in [0.3, 0.4) is 0 Å². The van der Waals surface area contributed by atoms with E-state index in [1.807, 2.05) is 87.5 Å². The summed E-state index contributed by atoms with van der Waals surface area (Å²) in [5.74, 6) is -0.450. The quantitative estimate of drug-likeness (QED) is 0.162. The molecule has 1 aliphatic heterocycles. The molecule has 2 aromatic rings. The Morgan fingerprint density at radius 1 is 1.02 bits per heavy atom. The first-order valence-corrected chi connectivity index (χ1v) is 21.1. The van der Waals surface area contributed by atoms with Gasteiger partial charge in [0.05, 0.1) is 18.6 Å². The van der Waals surface area contributed by atoms with Gasteiger partial charge in [0, 0.05) is 61.3 Å². The average Bonchev–Trinajstić information content (AvgIpc) is 3.84. The molecular formula is C39H63N7O5S2. The van der Waals surface area contributed by atoms with Crippen LogP contribution in [0.2, 0.25) is 0 Å². The van der Waals surface area contributed by atoms with Crippen molar-refractivity contribution in [2.24, 2.45) is 23.7 Å².